The van der Waals surface area contributed by atoms with Crippen LogP contribution in [0.25, 0.3) is 11.0 Å². The molecule has 2 aromatic rings. The molecule has 4 nitrogen and oxygen atoms in total. The van der Waals surface area contributed by atoms with Crippen LogP contribution in [-0.4, -0.2) is 19.6 Å². The summed E-state index contributed by atoms with van der Waals surface area (Å²) in [5.41, 5.74) is 2.15. The lowest BCUT2D eigenvalue weighted by Gasteiger charge is -2.10. The molecule has 2 N–H and O–H groups in total. The summed E-state index contributed by atoms with van der Waals surface area (Å²) in [6.07, 6.45) is 2.68. The third-order valence-electron chi connectivity index (χ3n) is 3.84. The maximum Gasteiger partial charge on any atom is 0.191 e. The van der Waals surface area contributed by atoms with Crippen molar-refractivity contribution in [2.24, 2.45) is 10.9 Å². The molecular weight excluding hydrogens is 250 g/mol. The highest BCUT2D eigenvalue weighted by atomic mass is 16.3. The summed E-state index contributed by atoms with van der Waals surface area (Å²) in [5, 5.41) is 7.85. The van der Waals surface area contributed by atoms with E-state index in [0.717, 1.165) is 29.8 Å². The Labute approximate surface area is 119 Å². The summed E-state index contributed by atoms with van der Waals surface area (Å²) < 4.78 is 5.89. The average Bonchev–Trinajstić information content (AvgIpc) is 3.25. The van der Waals surface area contributed by atoms with Gasteiger partial charge in [0.25, 0.3) is 0 Å². The topological polar surface area (TPSA) is 49.6 Å². The number of para-hydroxylation sites is 1. The van der Waals surface area contributed by atoms with Crippen LogP contribution in [0.4, 0.5) is 0 Å². The summed E-state index contributed by atoms with van der Waals surface area (Å²) in [4.78, 5) is 4.24. The van der Waals surface area contributed by atoms with Gasteiger partial charge in [-0.3, -0.25) is 4.99 Å². The molecule has 20 heavy (non-hydrogen) atoms. The number of hydrogen-bond donors (Lipinski definition) is 2. The van der Waals surface area contributed by atoms with E-state index in [-0.39, 0.29) is 0 Å². The second kappa shape index (κ2) is 5.57. The molecule has 1 aliphatic carbocycles. The number of nitrogens with zero attached hydrogens (tertiary/aromatic N) is 1. The quantitative estimate of drug-likeness (QED) is 0.664. The van der Waals surface area contributed by atoms with Crippen LogP contribution in [-0.2, 0) is 6.54 Å². The lowest BCUT2D eigenvalue weighted by molar-refractivity contribution is 0.534. The van der Waals surface area contributed by atoms with Gasteiger partial charge in [0.1, 0.15) is 11.3 Å². The van der Waals surface area contributed by atoms with Gasteiger partial charge in [0.15, 0.2) is 5.96 Å². The Bertz CT molecular complexity index is 626. The molecule has 0 amide bonds. The fourth-order valence-corrected chi connectivity index (χ4v) is 2.34. The molecule has 0 spiro atoms. The second-order valence-corrected chi connectivity index (χ2v) is 5.40. The van der Waals surface area contributed by atoms with Crippen LogP contribution in [0.5, 0.6) is 0 Å². The van der Waals surface area contributed by atoms with E-state index in [1.165, 1.54) is 23.8 Å². The van der Waals surface area contributed by atoms with Crippen molar-refractivity contribution >= 4 is 16.9 Å². The first kappa shape index (κ1) is 13.0. The maximum absolute atomic E-state index is 5.89. The van der Waals surface area contributed by atoms with Crippen molar-refractivity contribution in [3.05, 3.63) is 35.6 Å². The highest BCUT2D eigenvalue weighted by Gasteiger charge is 2.21. The molecule has 1 heterocycles. The van der Waals surface area contributed by atoms with E-state index in [2.05, 4.69) is 28.6 Å². The molecule has 4 heteroatoms. The number of guanidine groups is 1. The molecule has 0 radical (unpaired) electrons. The predicted octanol–water partition coefficient (Wildman–Crippen LogP) is 2.82. The van der Waals surface area contributed by atoms with Gasteiger partial charge in [0.2, 0.25) is 0 Å². The number of aliphatic imine (C=N–C) groups is 1. The highest BCUT2D eigenvalue weighted by molar-refractivity contribution is 5.82. The lowest BCUT2D eigenvalue weighted by Crippen LogP contribution is -2.37. The van der Waals surface area contributed by atoms with Crippen molar-refractivity contribution in [3.8, 4) is 0 Å². The van der Waals surface area contributed by atoms with Crippen molar-refractivity contribution in [2.75, 3.05) is 13.6 Å². The SMILES string of the molecule is CN=C(NCc1oc2ccccc2c1C)NCC1CC1. The van der Waals surface area contributed by atoms with E-state index >= 15 is 0 Å². The van der Waals surface area contributed by atoms with Crippen LogP contribution in [0.15, 0.2) is 33.7 Å². The van der Waals surface area contributed by atoms with Crippen molar-refractivity contribution < 1.29 is 4.42 Å². The molecule has 1 aliphatic rings. The van der Waals surface area contributed by atoms with Crippen LogP contribution in [0.2, 0.25) is 0 Å². The molecule has 0 unspecified atom stereocenters. The first-order valence-electron chi connectivity index (χ1n) is 7.19. The normalized spacial score (nSPS) is 15.6. The van der Waals surface area contributed by atoms with E-state index in [9.17, 15) is 0 Å². The minimum absolute atomic E-state index is 0.658. The number of benzene rings is 1. The first-order valence-corrected chi connectivity index (χ1v) is 7.19. The van der Waals surface area contributed by atoms with Crippen molar-refractivity contribution in [1.29, 1.82) is 0 Å². The smallest absolute Gasteiger partial charge is 0.191 e. The van der Waals surface area contributed by atoms with Crippen molar-refractivity contribution in [1.82, 2.24) is 10.6 Å². The molecule has 1 aromatic carbocycles. The van der Waals surface area contributed by atoms with Gasteiger partial charge < -0.3 is 15.1 Å². The first-order chi connectivity index (χ1) is 9.78. The van der Waals surface area contributed by atoms with Gasteiger partial charge in [-0.25, -0.2) is 0 Å². The zero-order chi connectivity index (χ0) is 13.9. The van der Waals surface area contributed by atoms with Gasteiger partial charge in [-0.2, -0.15) is 0 Å². The van der Waals surface area contributed by atoms with Gasteiger partial charge in [0.05, 0.1) is 6.54 Å². The number of hydrogen-bond acceptors (Lipinski definition) is 2. The minimum atomic E-state index is 0.658. The van der Waals surface area contributed by atoms with Crippen LogP contribution >= 0.6 is 0 Å². The van der Waals surface area contributed by atoms with Crippen LogP contribution in [0, 0.1) is 12.8 Å². The van der Waals surface area contributed by atoms with Gasteiger partial charge >= 0.3 is 0 Å². The molecular formula is C16H21N3O. The van der Waals surface area contributed by atoms with Crippen molar-refractivity contribution in [2.45, 2.75) is 26.3 Å². The monoisotopic (exact) mass is 271 g/mol. The van der Waals surface area contributed by atoms with E-state index in [1.807, 2.05) is 18.2 Å². The highest BCUT2D eigenvalue weighted by Crippen LogP contribution is 2.27. The Morgan fingerprint density at radius 2 is 2.10 bits per heavy atom. The Morgan fingerprint density at radius 1 is 1.30 bits per heavy atom. The summed E-state index contributed by atoms with van der Waals surface area (Å²) >= 11 is 0. The van der Waals surface area contributed by atoms with Gasteiger partial charge in [0, 0.05) is 24.5 Å². The minimum Gasteiger partial charge on any atom is -0.459 e. The maximum atomic E-state index is 5.89. The summed E-state index contributed by atoms with van der Waals surface area (Å²) in [5.74, 6) is 2.65. The molecule has 0 saturated heterocycles. The Morgan fingerprint density at radius 3 is 2.80 bits per heavy atom. The summed E-state index contributed by atoms with van der Waals surface area (Å²) in [6, 6.07) is 8.14. The Hall–Kier alpha value is -1.97. The average molecular weight is 271 g/mol. The fourth-order valence-electron chi connectivity index (χ4n) is 2.34. The number of nitrogens with one attached hydrogen (secondary N) is 2. The Balaban J connectivity index is 1.64. The summed E-state index contributed by atoms with van der Waals surface area (Å²) in [7, 11) is 1.80. The Kier molecular flexibility index (Phi) is 3.63. The predicted molar refractivity (Wildman–Crippen MR) is 81.9 cm³/mol. The van der Waals surface area contributed by atoms with Gasteiger partial charge in [-0.15, -0.1) is 0 Å². The zero-order valence-corrected chi connectivity index (χ0v) is 12.1. The molecule has 106 valence electrons. The van der Waals surface area contributed by atoms with E-state index in [0.29, 0.717) is 6.54 Å². The second-order valence-electron chi connectivity index (χ2n) is 5.40. The van der Waals surface area contributed by atoms with Gasteiger partial charge in [-0.05, 0) is 31.7 Å². The molecule has 3 rings (SSSR count). The lowest BCUT2D eigenvalue weighted by atomic mass is 10.1. The third kappa shape index (κ3) is 2.79. The van der Waals surface area contributed by atoms with E-state index in [4.69, 9.17) is 4.42 Å². The van der Waals surface area contributed by atoms with Crippen LogP contribution < -0.4 is 10.6 Å². The molecule has 1 fully saturated rings. The number of furan rings is 1. The van der Waals surface area contributed by atoms with Gasteiger partial charge in [-0.1, -0.05) is 18.2 Å². The molecule has 1 aromatic heterocycles. The standard InChI is InChI=1S/C16H21N3O/c1-11-13-5-3-4-6-14(13)20-15(11)10-19-16(17-2)18-9-12-7-8-12/h3-6,12H,7-10H2,1-2H3,(H2,17,18,19). The summed E-state index contributed by atoms with van der Waals surface area (Å²) in [6.45, 7) is 3.77. The van der Waals surface area contributed by atoms with Crippen LogP contribution in [0.1, 0.15) is 24.2 Å². The number of fused-ring (bicyclic) bond motifs is 1. The fraction of sp³-hybridized carbons (Fsp3) is 0.438. The van der Waals surface area contributed by atoms with Crippen molar-refractivity contribution in [3.63, 3.8) is 0 Å². The largest absolute Gasteiger partial charge is 0.459 e. The third-order valence-corrected chi connectivity index (χ3v) is 3.84. The van der Waals surface area contributed by atoms with E-state index in [1.54, 1.807) is 7.05 Å². The van der Waals surface area contributed by atoms with Crippen LogP contribution in [0.3, 0.4) is 0 Å². The zero-order valence-electron chi connectivity index (χ0n) is 12.1. The number of rotatable bonds is 4. The molecule has 0 aliphatic heterocycles. The van der Waals surface area contributed by atoms with E-state index < -0.39 is 0 Å². The molecule has 0 bridgehead atoms. The molecule has 0 atom stereocenters. The number of aryl methyl sites for hydroxylation is 1. The molecule has 1 saturated carbocycles.